The van der Waals surface area contributed by atoms with E-state index < -0.39 is 11.9 Å². The van der Waals surface area contributed by atoms with E-state index in [0.717, 1.165) is 0 Å². The molecular formula is C20H17Cl3N6O4. The van der Waals surface area contributed by atoms with E-state index in [4.69, 9.17) is 27.9 Å². The highest BCUT2D eigenvalue weighted by molar-refractivity contribution is 6.32. The zero-order valence-electron chi connectivity index (χ0n) is 16.8. The van der Waals surface area contributed by atoms with Crippen molar-refractivity contribution in [2.75, 3.05) is 17.2 Å². The summed E-state index contributed by atoms with van der Waals surface area (Å²) in [5.74, 6) is -0.810. The molecule has 0 fully saturated rings. The fourth-order valence-corrected chi connectivity index (χ4v) is 2.77. The zero-order valence-corrected chi connectivity index (χ0v) is 19.0. The summed E-state index contributed by atoms with van der Waals surface area (Å²) in [6, 6.07) is 9.98. The molecule has 10 nitrogen and oxygen atoms in total. The van der Waals surface area contributed by atoms with Gasteiger partial charge in [0, 0.05) is 5.69 Å². The van der Waals surface area contributed by atoms with Crippen molar-refractivity contribution in [2.24, 2.45) is 0 Å². The summed E-state index contributed by atoms with van der Waals surface area (Å²) in [5, 5.41) is 7.78. The van der Waals surface area contributed by atoms with Gasteiger partial charge in [-0.15, -0.1) is 0 Å². The molecule has 0 spiro atoms. The van der Waals surface area contributed by atoms with Crippen LogP contribution in [-0.4, -0.2) is 34.4 Å². The number of amides is 4. The molecule has 0 radical (unpaired) electrons. The van der Waals surface area contributed by atoms with Crippen LogP contribution in [0.5, 0.6) is 11.8 Å². The summed E-state index contributed by atoms with van der Waals surface area (Å²) < 4.78 is 5.47. The van der Waals surface area contributed by atoms with Gasteiger partial charge < -0.3 is 33.5 Å². The Balaban J connectivity index is 0.00000385. The number of benzene rings is 2. The fourth-order valence-electron chi connectivity index (χ4n) is 2.45. The highest BCUT2D eigenvalue weighted by Gasteiger charge is 2.16. The minimum absolute atomic E-state index is 0. The monoisotopic (exact) mass is 510 g/mol. The van der Waals surface area contributed by atoms with Gasteiger partial charge >= 0.3 is 12.0 Å². The van der Waals surface area contributed by atoms with E-state index in [1.54, 1.807) is 18.2 Å². The van der Waals surface area contributed by atoms with Crippen LogP contribution in [-0.2, 0) is 4.79 Å². The van der Waals surface area contributed by atoms with Crippen LogP contribution in [0.3, 0.4) is 0 Å². The molecule has 3 aromatic rings. The second kappa shape index (κ2) is 12.0. The number of hydrogen-bond donors (Lipinski definition) is 4. The maximum absolute atomic E-state index is 12.5. The van der Waals surface area contributed by atoms with Gasteiger partial charge in [0.2, 0.25) is 0 Å². The van der Waals surface area contributed by atoms with Crippen molar-refractivity contribution in [3.05, 3.63) is 70.5 Å². The van der Waals surface area contributed by atoms with Crippen molar-refractivity contribution in [3.8, 4) is 11.8 Å². The quantitative estimate of drug-likeness (QED) is 0.358. The molecule has 3 rings (SSSR count). The van der Waals surface area contributed by atoms with Gasteiger partial charge in [0.15, 0.2) is 6.54 Å². The van der Waals surface area contributed by atoms with E-state index in [9.17, 15) is 14.4 Å². The third kappa shape index (κ3) is 7.29. The normalized spacial score (nSPS) is 9.91. The number of hydrogen-bond acceptors (Lipinski definition) is 6. The number of quaternary nitrogens is 1. The topological polar surface area (TPSA) is 150 Å². The first-order valence-corrected chi connectivity index (χ1v) is 9.86. The second-order valence-corrected chi connectivity index (χ2v) is 7.03. The first kappa shape index (κ1) is 25.8. The number of imide groups is 1. The summed E-state index contributed by atoms with van der Waals surface area (Å²) in [4.78, 5) is 44.1. The predicted octanol–water partition coefficient (Wildman–Crippen LogP) is -0.278. The van der Waals surface area contributed by atoms with Gasteiger partial charge in [-0.3, -0.25) is 14.9 Å². The van der Waals surface area contributed by atoms with Crippen LogP contribution in [0.1, 0.15) is 10.4 Å². The molecule has 33 heavy (non-hydrogen) atoms. The van der Waals surface area contributed by atoms with Crippen LogP contribution in [0, 0.1) is 0 Å². The lowest BCUT2D eigenvalue weighted by Crippen LogP contribution is -3.00. The summed E-state index contributed by atoms with van der Waals surface area (Å²) >= 11 is 11.9. The van der Waals surface area contributed by atoms with Crippen LogP contribution in [0.2, 0.25) is 10.0 Å². The van der Waals surface area contributed by atoms with Crippen LogP contribution < -0.4 is 38.8 Å². The van der Waals surface area contributed by atoms with Crippen LogP contribution >= 0.6 is 23.2 Å². The van der Waals surface area contributed by atoms with E-state index in [1.807, 2.05) is 0 Å². The lowest BCUT2D eigenvalue weighted by Gasteiger charge is -2.11. The van der Waals surface area contributed by atoms with E-state index in [0.29, 0.717) is 10.7 Å². The Bertz CT molecular complexity index is 1160. The van der Waals surface area contributed by atoms with Gasteiger partial charge in [-0.05, 0) is 30.3 Å². The Morgan fingerprint density at radius 2 is 1.70 bits per heavy atom. The van der Waals surface area contributed by atoms with Gasteiger partial charge in [0.05, 0.1) is 33.7 Å². The molecule has 0 bridgehead atoms. The average molecular weight is 512 g/mol. The molecule has 172 valence electrons. The summed E-state index contributed by atoms with van der Waals surface area (Å²) in [7, 11) is 0. The van der Waals surface area contributed by atoms with Gasteiger partial charge in [-0.2, -0.15) is 0 Å². The Labute approximate surface area is 204 Å². The van der Waals surface area contributed by atoms with E-state index in [1.165, 1.54) is 36.7 Å². The van der Waals surface area contributed by atoms with Crippen molar-refractivity contribution < 1.29 is 37.3 Å². The third-order valence-electron chi connectivity index (χ3n) is 3.89. The van der Waals surface area contributed by atoms with Crippen molar-refractivity contribution in [1.82, 2.24) is 15.3 Å². The van der Waals surface area contributed by atoms with Crippen molar-refractivity contribution in [2.45, 2.75) is 0 Å². The summed E-state index contributed by atoms with van der Waals surface area (Å²) in [6.45, 7) is 0.00104. The van der Waals surface area contributed by atoms with Crippen LogP contribution in [0.4, 0.5) is 16.2 Å². The molecule has 0 atom stereocenters. The lowest BCUT2D eigenvalue weighted by atomic mass is 10.1. The molecule has 1 heterocycles. The Hall–Kier alpha value is -3.44. The number of aromatic nitrogens is 2. The molecule has 0 aliphatic heterocycles. The number of halogens is 3. The van der Waals surface area contributed by atoms with Gasteiger partial charge in [-0.1, -0.05) is 35.3 Å². The van der Waals surface area contributed by atoms with Gasteiger partial charge in [-0.25, -0.2) is 14.8 Å². The molecule has 0 saturated carbocycles. The molecule has 4 amide bonds. The van der Waals surface area contributed by atoms with Crippen molar-refractivity contribution >= 4 is 52.4 Å². The van der Waals surface area contributed by atoms with Crippen molar-refractivity contribution in [3.63, 3.8) is 0 Å². The second-order valence-electron chi connectivity index (χ2n) is 6.18. The van der Waals surface area contributed by atoms with Crippen molar-refractivity contribution in [1.29, 1.82) is 0 Å². The molecule has 0 aliphatic rings. The average Bonchev–Trinajstić information content (AvgIpc) is 2.77. The number of ether oxygens (including phenoxy) is 1. The Morgan fingerprint density at radius 1 is 1.00 bits per heavy atom. The number of anilines is 2. The summed E-state index contributed by atoms with van der Waals surface area (Å²) in [5.41, 5.74) is 4.18. The number of rotatable bonds is 6. The number of para-hydroxylation sites is 1. The molecular weight excluding hydrogens is 495 g/mol. The maximum atomic E-state index is 12.5. The maximum Gasteiger partial charge on any atom is 0.326 e. The van der Waals surface area contributed by atoms with Crippen LogP contribution in [0.25, 0.3) is 0 Å². The Kier molecular flexibility index (Phi) is 9.37. The lowest BCUT2D eigenvalue weighted by molar-refractivity contribution is -0.353. The molecule has 0 aliphatic carbocycles. The number of urea groups is 1. The SMILES string of the molecule is [Cl-].[NH3+]CC(=O)Nc1ccccc1C(=O)NC(=O)Nc1ccc(Oc2ncc(Cl)cn2)c(Cl)c1. The highest BCUT2D eigenvalue weighted by atomic mass is 35.5. The largest absolute Gasteiger partial charge is 1.00 e. The van der Waals surface area contributed by atoms with E-state index in [-0.39, 0.29) is 52.9 Å². The molecule has 0 saturated heterocycles. The Morgan fingerprint density at radius 3 is 2.36 bits per heavy atom. The minimum atomic E-state index is -0.793. The van der Waals surface area contributed by atoms with E-state index >= 15 is 0 Å². The number of carbonyl (C=O) groups is 3. The summed E-state index contributed by atoms with van der Waals surface area (Å²) in [6.07, 6.45) is 2.75. The first-order chi connectivity index (χ1) is 15.4. The number of nitrogens with zero attached hydrogens (tertiary/aromatic N) is 2. The molecule has 6 N–H and O–H groups in total. The van der Waals surface area contributed by atoms with Gasteiger partial charge in [0.25, 0.3) is 11.8 Å². The third-order valence-corrected chi connectivity index (χ3v) is 4.38. The highest BCUT2D eigenvalue weighted by Crippen LogP contribution is 2.30. The predicted molar refractivity (Wildman–Crippen MR) is 118 cm³/mol. The molecule has 0 unspecified atom stereocenters. The molecule has 13 heteroatoms. The minimum Gasteiger partial charge on any atom is -1.00 e. The fraction of sp³-hybridized carbons (Fsp3) is 0.0500. The van der Waals surface area contributed by atoms with Gasteiger partial charge in [0.1, 0.15) is 5.75 Å². The van der Waals surface area contributed by atoms with Crippen LogP contribution in [0.15, 0.2) is 54.9 Å². The number of nitrogens with one attached hydrogen (secondary N) is 3. The standard InChI is InChI=1S/C20H16Cl2N6O4.ClH/c21-11-9-24-20(25-10-11)32-16-6-5-12(7-14(16)22)26-19(31)28-18(30)13-3-1-2-4-15(13)27-17(29)8-23;/h1-7,9-10H,8,23H2,(H,27,29)(H2,26,28,30,31);1H. The van der Waals surface area contributed by atoms with E-state index in [2.05, 4.69) is 31.7 Å². The first-order valence-electron chi connectivity index (χ1n) is 9.11. The smallest absolute Gasteiger partial charge is 0.326 e. The molecule has 2 aromatic carbocycles. The number of carbonyl (C=O) groups excluding carboxylic acids is 3. The molecule has 1 aromatic heterocycles. The zero-order chi connectivity index (χ0) is 23.1.